The highest BCUT2D eigenvalue weighted by atomic mass is 32.2. The first-order valence-electron chi connectivity index (χ1n) is 16.8. The summed E-state index contributed by atoms with van der Waals surface area (Å²) in [5.74, 6) is -2.57. The highest BCUT2D eigenvalue weighted by Gasteiger charge is 2.50. The third kappa shape index (κ3) is 15.5. The molecule has 2 aromatic heterocycles. The highest BCUT2D eigenvalue weighted by molar-refractivity contribution is 8.13. The Bertz CT molecular complexity index is 1920. The van der Waals surface area contributed by atoms with E-state index in [4.69, 9.17) is 24.6 Å². The SMILES string of the molecule is CC(C)(COP(=O)(O)OP(=O)(O)OC[C@H]1O[C@@H](n2cnc3c(N)ncnc32)[C@H](O)[C@@H]1OP(=O)(O)O)[C@@H](O)C(=O)NCCC(=O)NCCSC(=O)C[C@@H](O)CCC(=O)O. The number of amides is 2. The standard InChI is InChI=1S/C27H44N7O20P3S/c1-27(2,22(41)25(42)30-6-5-16(36)29-7-8-58-18(39)9-14(35)3-4-17(37)38)11-51-57(48,49)54-56(46,47)50-10-15-21(53-55(43,44)45)20(40)26(52-15)34-13-33-19-23(28)31-12-32-24(19)34/h12-15,20-22,26,35,40-41H,3-11H2,1-2H3,(H,29,36)(H,30,42)(H,37,38)(H,46,47)(H,48,49)(H2,28,31,32)(H2,43,44,45)/t14-,15+,20+,21+,22-,26+/m0/s1. The normalized spacial score (nSPS) is 21.8. The second kappa shape index (κ2) is 21.0. The number of fused-ring (bicyclic) bond motifs is 1. The maximum atomic E-state index is 12.7. The van der Waals surface area contributed by atoms with E-state index in [1.54, 1.807) is 0 Å². The Morgan fingerprint density at radius 1 is 1.02 bits per heavy atom. The van der Waals surface area contributed by atoms with E-state index in [2.05, 4.69) is 34.4 Å². The molecule has 3 rings (SSSR count). The fourth-order valence-electron chi connectivity index (χ4n) is 4.94. The van der Waals surface area contributed by atoms with Crippen LogP contribution in [-0.2, 0) is 55.5 Å². The highest BCUT2D eigenvalue weighted by Crippen LogP contribution is 2.61. The molecule has 1 saturated heterocycles. The summed E-state index contributed by atoms with van der Waals surface area (Å²) >= 11 is 0.825. The number of anilines is 1. The topological polar surface area (TPSA) is 421 Å². The van der Waals surface area contributed by atoms with E-state index in [1.807, 2.05) is 0 Å². The number of rotatable bonds is 24. The van der Waals surface area contributed by atoms with Crippen molar-refractivity contribution in [3.8, 4) is 0 Å². The van der Waals surface area contributed by atoms with Gasteiger partial charge >= 0.3 is 29.4 Å². The van der Waals surface area contributed by atoms with Gasteiger partial charge in [0.25, 0.3) is 0 Å². The van der Waals surface area contributed by atoms with Gasteiger partial charge in [-0.05, 0) is 6.42 Å². The number of hydrogen-bond acceptors (Lipinski definition) is 20. The van der Waals surface area contributed by atoms with E-state index < -0.39 is 102 Å². The average molecular weight is 912 g/mol. The number of aliphatic carboxylic acids is 1. The number of nitrogens with zero attached hydrogens (tertiary/aromatic N) is 4. The van der Waals surface area contributed by atoms with Crippen LogP contribution in [0.5, 0.6) is 0 Å². The molecule has 0 spiro atoms. The number of nitrogen functional groups attached to an aromatic ring is 1. The maximum Gasteiger partial charge on any atom is 0.481 e. The lowest BCUT2D eigenvalue weighted by atomic mass is 9.87. The summed E-state index contributed by atoms with van der Waals surface area (Å²) in [6.07, 6.45) is -8.88. The third-order valence-corrected chi connectivity index (χ3v) is 11.9. The van der Waals surface area contributed by atoms with Crippen LogP contribution >= 0.6 is 35.2 Å². The first-order chi connectivity index (χ1) is 26.8. The average Bonchev–Trinajstić information content (AvgIpc) is 3.67. The molecule has 8 atom stereocenters. The molecule has 0 saturated carbocycles. The lowest BCUT2D eigenvalue weighted by Gasteiger charge is -2.30. The van der Waals surface area contributed by atoms with Gasteiger partial charge in [-0.15, -0.1) is 0 Å². The van der Waals surface area contributed by atoms with Crippen molar-refractivity contribution in [2.75, 3.05) is 37.8 Å². The third-order valence-electron chi connectivity index (χ3n) is 7.86. The molecule has 1 aliphatic heterocycles. The van der Waals surface area contributed by atoms with Gasteiger partial charge in [-0.3, -0.25) is 37.3 Å². The first kappa shape index (κ1) is 49.4. The number of hydrogen-bond donors (Lipinski definition) is 11. The Morgan fingerprint density at radius 3 is 2.34 bits per heavy atom. The van der Waals surface area contributed by atoms with Gasteiger partial charge < -0.3 is 61.1 Å². The van der Waals surface area contributed by atoms with Crippen LogP contribution in [0.1, 0.15) is 45.8 Å². The van der Waals surface area contributed by atoms with E-state index in [-0.39, 0.29) is 61.5 Å². The predicted molar refractivity (Wildman–Crippen MR) is 195 cm³/mol. The summed E-state index contributed by atoms with van der Waals surface area (Å²) in [4.78, 5) is 97.9. The van der Waals surface area contributed by atoms with Gasteiger partial charge in [-0.1, -0.05) is 25.6 Å². The van der Waals surface area contributed by atoms with Gasteiger partial charge in [-0.2, -0.15) is 4.31 Å². The van der Waals surface area contributed by atoms with Gasteiger partial charge in [0.2, 0.25) is 11.8 Å². The largest absolute Gasteiger partial charge is 0.481 e. The fourth-order valence-corrected chi connectivity index (χ4v) is 8.51. The van der Waals surface area contributed by atoms with E-state index >= 15 is 0 Å². The Labute approximate surface area is 332 Å². The molecule has 1 aliphatic rings. The molecule has 31 heteroatoms. The summed E-state index contributed by atoms with van der Waals surface area (Å²) < 4.78 is 62.0. The number of carboxylic acids is 1. The molecule has 2 amide bonds. The number of imidazole rings is 1. The number of phosphoric ester groups is 3. The molecule has 58 heavy (non-hydrogen) atoms. The van der Waals surface area contributed by atoms with Crippen LogP contribution in [0.4, 0.5) is 5.82 Å². The Kier molecular flexibility index (Phi) is 17.9. The number of thioether (sulfide) groups is 1. The number of ether oxygens (including phenoxy) is 1. The molecule has 3 heterocycles. The Hall–Kier alpha value is -3.01. The minimum atomic E-state index is -5.60. The number of carboxylic acid groups (broad SMARTS) is 1. The monoisotopic (exact) mass is 911 g/mol. The zero-order chi connectivity index (χ0) is 43.6. The molecule has 2 aromatic rings. The Balaban J connectivity index is 1.45. The molecule has 27 nitrogen and oxygen atoms in total. The summed E-state index contributed by atoms with van der Waals surface area (Å²) in [5.41, 5.74) is 4.18. The number of carbonyl (C=O) groups excluding carboxylic acids is 3. The molecule has 0 radical (unpaired) electrons. The maximum absolute atomic E-state index is 12.7. The molecule has 328 valence electrons. The molecular formula is C27H44N7O20P3S. The van der Waals surface area contributed by atoms with Crippen LogP contribution in [0, 0.1) is 5.41 Å². The van der Waals surface area contributed by atoms with Gasteiger partial charge in [0.05, 0.1) is 25.6 Å². The minimum absolute atomic E-state index is 0.0160. The second-order valence-corrected chi connectivity index (χ2v) is 18.5. The number of nitrogens with one attached hydrogen (secondary N) is 2. The molecular weight excluding hydrogens is 867 g/mol. The van der Waals surface area contributed by atoms with Gasteiger partial charge in [0, 0.05) is 43.5 Å². The van der Waals surface area contributed by atoms with Crippen molar-refractivity contribution < 1.29 is 95.5 Å². The van der Waals surface area contributed by atoms with Gasteiger partial charge in [0.15, 0.2) is 22.8 Å². The number of aliphatic hydroxyl groups is 3. The number of nitrogens with two attached hydrogens (primary N) is 1. The van der Waals surface area contributed by atoms with E-state index in [9.17, 15) is 67.8 Å². The quantitative estimate of drug-likeness (QED) is 0.0412. The summed E-state index contributed by atoms with van der Waals surface area (Å²) in [5, 5.41) is 44.1. The fraction of sp³-hybridized carbons (Fsp3) is 0.667. The Morgan fingerprint density at radius 2 is 1.69 bits per heavy atom. The number of carbonyl (C=O) groups is 4. The predicted octanol–water partition coefficient (Wildman–Crippen LogP) is -1.72. The summed E-state index contributed by atoms with van der Waals surface area (Å²) in [6, 6.07) is 0. The van der Waals surface area contributed by atoms with Crippen molar-refractivity contribution in [3.05, 3.63) is 12.7 Å². The van der Waals surface area contributed by atoms with Crippen LogP contribution in [0.15, 0.2) is 12.7 Å². The van der Waals surface area contributed by atoms with Gasteiger partial charge in [0.1, 0.15) is 36.3 Å². The van der Waals surface area contributed by atoms with E-state index in [0.29, 0.717) is 0 Å². The van der Waals surface area contributed by atoms with Crippen LogP contribution in [0.3, 0.4) is 0 Å². The second-order valence-electron chi connectivity index (χ2n) is 13.1. The molecule has 1 fully saturated rings. The van der Waals surface area contributed by atoms with Crippen molar-refractivity contribution in [2.45, 2.75) is 76.3 Å². The van der Waals surface area contributed by atoms with Crippen molar-refractivity contribution in [1.29, 1.82) is 0 Å². The molecule has 2 unspecified atom stereocenters. The van der Waals surface area contributed by atoms with E-state index in [0.717, 1.165) is 29.0 Å². The molecule has 0 aliphatic carbocycles. The number of aliphatic hydroxyl groups excluding tert-OH is 3. The lowest BCUT2D eigenvalue weighted by Crippen LogP contribution is -2.46. The number of aromatic nitrogens is 4. The number of phosphoric acid groups is 3. The van der Waals surface area contributed by atoms with Crippen LogP contribution in [0.25, 0.3) is 11.2 Å². The molecule has 12 N–H and O–H groups in total. The molecule has 0 bridgehead atoms. The molecule has 0 aromatic carbocycles. The minimum Gasteiger partial charge on any atom is -0.481 e. The summed E-state index contributed by atoms with van der Waals surface area (Å²) in [6.45, 7) is 0.140. The van der Waals surface area contributed by atoms with Crippen LogP contribution < -0.4 is 16.4 Å². The lowest BCUT2D eigenvalue weighted by molar-refractivity contribution is -0.138. The zero-order valence-corrected chi connectivity index (χ0v) is 34.1. The van der Waals surface area contributed by atoms with Crippen LogP contribution in [-0.4, -0.2) is 145 Å². The van der Waals surface area contributed by atoms with Crippen molar-refractivity contribution in [1.82, 2.24) is 30.2 Å². The van der Waals surface area contributed by atoms with E-state index in [1.165, 1.54) is 13.8 Å². The summed E-state index contributed by atoms with van der Waals surface area (Å²) in [7, 11) is -16.5. The van der Waals surface area contributed by atoms with Crippen molar-refractivity contribution >= 4 is 75.1 Å². The van der Waals surface area contributed by atoms with Gasteiger partial charge in [-0.25, -0.2) is 28.6 Å². The smallest absolute Gasteiger partial charge is 0.481 e. The van der Waals surface area contributed by atoms with Crippen molar-refractivity contribution in [3.63, 3.8) is 0 Å². The van der Waals surface area contributed by atoms with Crippen LogP contribution in [0.2, 0.25) is 0 Å². The first-order valence-corrected chi connectivity index (χ1v) is 22.3. The zero-order valence-electron chi connectivity index (χ0n) is 30.6. The van der Waals surface area contributed by atoms with Crippen molar-refractivity contribution in [2.24, 2.45) is 5.41 Å².